The van der Waals surface area contributed by atoms with Gasteiger partial charge in [0.05, 0.1) is 14.2 Å². The van der Waals surface area contributed by atoms with Gasteiger partial charge in [-0.1, -0.05) is 83.3 Å². The van der Waals surface area contributed by atoms with Crippen molar-refractivity contribution in [2.45, 2.75) is 19.3 Å². The number of hydrogen-bond donors (Lipinski definition) is 0. The van der Waals surface area contributed by atoms with Crippen molar-refractivity contribution in [1.29, 1.82) is 0 Å². The zero-order chi connectivity index (χ0) is 27.8. The van der Waals surface area contributed by atoms with Crippen molar-refractivity contribution in [3.05, 3.63) is 108 Å². The molecule has 0 amide bonds. The van der Waals surface area contributed by atoms with E-state index in [4.69, 9.17) is 9.47 Å². The van der Waals surface area contributed by atoms with E-state index < -0.39 is 0 Å². The number of thiophene rings is 4. The molecule has 0 bridgehead atoms. The molecule has 7 rings (SSSR count). The maximum atomic E-state index is 5.97. The van der Waals surface area contributed by atoms with Gasteiger partial charge in [0, 0.05) is 40.4 Å². The predicted octanol–water partition coefficient (Wildman–Crippen LogP) is 11.7. The van der Waals surface area contributed by atoms with Crippen LogP contribution in [-0.4, -0.2) is 14.2 Å². The Balaban J connectivity index is 1.25. The van der Waals surface area contributed by atoms with Crippen LogP contribution in [0.4, 0.5) is 0 Å². The second-order valence-corrected chi connectivity index (χ2v) is 14.1. The monoisotopic (exact) mass is 608 g/mol. The summed E-state index contributed by atoms with van der Waals surface area (Å²) in [4.78, 5) is 7.65. The normalized spacial score (nSPS) is 13.2. The average molecular weight is 609 g/mol. The van der Waals surface area contributed by atoms with Gasteiger partial charge in [0.15, 0.2) is 10.1 Å². The van der Waals surface area contributed by atoms with E-state index in [0.29, 0.717) is 0 Å². The lowest BCUT2D eigenvalue weighted by molar-refractivity contribution is 0.425. The molecule has 6 heteroatoms. The van der Waals surface area contributed by atoms with Crippen LogP contribution < -0.4 is 9.47 Å². The molecule has 4 heterocycles. The van der Waals surface area contributed by atoms with Gasteiger partial charge in [0.2, 0.25) is 0 Å². The second-order valence-electron chi connectivity index (χ2n) is 9.90. The molecule has 0 unspecified atom stereocenters. The first-order valence-electron chi connectivity index (χ1n) is 13.6. The van der Waals surface area contributed by atoms with Crippen LogP contribution in [0.5, 0.6) is 10.1 Å². The highest BCUT2D eigenvalue weighted by Crippen LogP contribution is 2.52. The van der Waals surface area contributed by atoms with E-state index in [9.17, 15) is 0 Å². The molecule has 0 fully saturated rings. The quantitative estimate of drug-likeness (QED) is 0.171. The van der Waals surface area contributed by atoms with E-state index in [-0.39, 0.29) is 0 Å². The van der Waals surface area contributed by atoms with E-state index in [1.54, 1.807) is 36.9 Å². The highest BCUT2D eigenvalue weighted by Gasteiger charge is 2.26. The molecule has 2 aromatic carbocycles. The maximum Gasteiger partial charge on any atom is 0.181 e. The smallest absolute Gasteiger partial charge is 0.181 e. The first-order valence-corrected chi connectivity index (χ1v) is 16.9. The van der Waals surface area contributed by atoms with Gasteiger partial charge in [0.25, 0.3) is 0 Å². The molecule has 6 aromatic rings. The topological polar surface area (TPSA) is 18.5 Å². The van der Waals surface area contributed by atoms with Gasteiger partial charge in [-0.05, 0) is 77.9 Å². The molecule has 0 aliphatic heterocycles. The van der Waals surface area contributed by atoms with E-state index in [1.165, 1.54) is 62.7 Å². The Kier molecular flexibility index (Phi) is 7.40. The van der Waals surface area contributed by atoms with Gasteiger partial charge in [0.1, 0.15) is 0 Å². The van der Waals surface area contributed by atoms with Gasteiger partial charge in [-0.15, -0.1) is 22.7 Å². The van der Waals surface area contributed by atoms with Crippen LogP contribution in [0.2, 0.25) is 0 Å². The Morgan fingerprint density at radius 1 is 0.463 bits per heavy atom. The molecule has 0 saturated heterocycles. The number of hydrogen-bond acceptors (Lipinski definition) is 6. The standard InChI is InChI=1S/C35H28O2S4/c1-36-34-26(20-32(40-34)30-18-16-28(38-30)22-10-5-3-6-11-22)24-14-9-15-25(24)27-21-33(41-35(27)37-2)31-19-17-29(39-31)23-12-7-4-8-13-23/h3-8,10-13,16-21H,9,14-15H2,1-2H3. The summed E-state index contributed by atoms with van der Waals surface area (Å²) in [5.74, 6) is 0. The van der Waals surface area contributed by atoms with Gasteiger partial charge in [-0.2, -0.15) is 0 Å². The minimum atomic E-state index is 0.990. The minimum absolute atomic E-state index is 0.990. The van der Waals surface area contributed by atoms with Crippen molar-refractivity contribution in [3.8, 4) is 50.5 Å². The highest BCUT2D eigenvalue weighted by molar-refractivity contribution is 7.25. The van der Waals surface area contributed by atoms with Gasteiger partial charge < -0.3 is 9.47 Å². The first-order chi connectivity index (χ1) is 20.2. The summed E-state index contributed by atoms with van der Waals surface area (Å²) in [6.07, 6.45) is 3.24. The van der Waals surface area contributed by atoms with Gasteiger partial charge >= 0.3 is 0 Å². The summed E-state index contributed by atoms with van der Waals surface area (Å²) in [6.45, 7) is 0. The van der Waals surface area contributed by atoms with Gasteiger partial charge in [-0.25, -0.2) is 0 Å². The summed E-state index contributed by atoms with van der Waals surface area (Å²) >= 11 is 7.17. The summed E-state index contributed by atoms with van der Waals surface area (Å²) in [6, 6.07) is 34.8. The SMILES string of the molecule is COc1sc(-c2ccc(-c3ccccc3)s2)cc1C1=C(c2cc(-c3ccc(-c4ccccc4)s3)sc2OC)CCC1. The van der Waals surface area contributed by atoms with Crippen LogP contribution in [0.25, 0.3) is 51.5 Å². The van der Waals surface area contributed by atoms with Gasteiger partial charge in [-0.3, -0.25) is 0 Å². The third-order valence-corrected chi connectivity index (χ3v) is 12.3. The maximum absolute atomic E-state index is 5.97. The Morgan fingerprint density at radius 3 is 1.29 bits per heavy atom. The third-order valence-electron chi connectivity index (χ3n) is 7.45. The van der Waals surface area contributed by atoms with Crippen molar-refractivity contribution in [3.63, 3.8) is 0 Å². The molecule has 0 spiro atoms. The second kappa shape index (κ2) is 11.5. The van der Waals surface area contributed by atoms with Crippen LogP contribution in [0.1, 0.15) is 30.4 Å². The summed E-state index contributed by atoms with van der Waals surface area (Å²) in [7, 11) is 3.59. The average Bonchev–Trinajstić information content (AvgIpc) is 3.85. The molecule has 0 atom stereocenters. The van der Waals surface area contributed by atoms with Crippen LogP contribution in [0.15, 0.2) is 97.1 Å². The number of methoxy groups -OCH3 is 2. The molecular weight excluding hydrogens is 581 g/mol. The zero-order valence-electron chi connectivity index (χ0n) is 22.8. The number of allylic oxidation sites excluding steroid dienone is 2. The van der Waals surface area contributed by atoms with Crippen LogP contribution >= 0.6 is 45.3 Å². The summed E-state index contributed by atoms with van der Waals surface area (Å²) in [5.41, 5.74) is 7.76. The van der Waals surface area contributed by atoms with Crippen LogP contribution in [-0.2, 0) is 0 Å². The minimum Gasteiger partial charge on any atom is -0.487 e. The zero-order valence-corrected chi connectivity index (χ0v) is 26.1. The van der Waals surface area contributed by atoms with Crippen molar-refractivity contribution >= 4 is 56.5 Å². The Morgan fingerprint density at radius 2 is 0.878 bits per heavy atom. The van der Waals surface area contributed by atoms with Crippen LogP contribution in [0, 0.1) is 0 Å². The molecule has 0 N–H and O–H groups in total. The Bertz CT molecular complexity index is 1700. The molecule has 1 aliphatic rings. The van der Waals surface area contributed by atoms with Crippen molar-refractivity contribution in [2.24, 2.45) is 0 Å². The summed E-state index contributed by atoms with van der Waals surface area (Å²) < 4.78 is 11.9. The molecular formula is C35H28O2S4. The van der Waals surface area contributed by atoms with E-state index in [2.05, 4.69) is 97.1 Å². The molecule has 1 aliphatic carbocycles. The molecule has 2 nitrogen and oxygen atoms in total. The predicted molar refractivity (Wildman–Crippen MR) is 180 cm³/mol. The number of rotatable bonds is 8. The fraction of sp³-hybridized carbons (Fsp3) is 0.143. The number of ether oxygens (including phenoxy) is 2. The van der Waals surface area contributed by atoms with E-state index in [1.807, 2.05) is 22.7 Å². The largest absolute Gasteiger partial charge is 0.487 e. The van der Waals surface area contributed by atoms with Crippen molar-refractivity contribution in [1.82, 2.24) is 0 Å². The van der Waals surface area contributed by atoms with E-state index >= 15 is 0 Å². The third kappa shape index (κ3) is 5.10. The molecule has 0 radical (unpaired) electrons. The Labute approximate surface area is 256 Å². The lowest BCUT2D eigenvalue weighted by Gasteiger charge is -2.09. The lowest BCUT2D eigenvalue weighted by Crippen LogP contribution is -1.89. The molecule has 0 saturated carbocycles. The summed E-state index contributed by atoms with van der Waals surface area (Å²) in [5, 5.41) is 1.98. The molecule has 41 heavy (non-hydrogen) atoms. The van der Waals surface area contributed by atoms with Crippen LogP contribution in [0.3, 0.4) is 0 Å². The van der Waals surface area contributed by atoms with E-state index in [0.717, 1.165) is 29.4 Å². The fourth-order valence-electron chi connectivity index (χ4n) is 5.51. The van der Waals surface area contributed by atoms with Crippen molar-refractivity contribution in [2.75, 3.05) is 14.2 Å². The Hall–Kier alpha value is -3.42. The number of benzene rings is 2. The first kappa shape index (κ1) is 26.5. The molecule has 4 aromatic heterocycles. The molecule has 204 valence electrons. The van der Waals surface area contributed by atoms with Crippen molar-refractivity contribution < 1.29 is 9.47 Å². The fourth-order valence-corrected chi connectivity index (χ4v) is 9.70. The highest BCUT2D eigenvalue weighted by atomic mass is 32.1. The lowest BCUT2D eigenvalue weighted by atomic mass is 9.99.